The summed E-state index contributed by atoms with van der Waals surface area (Å²) < 4.78 is 31.7. The lowest BCUT2D eigenvalue weighted by atomic mass is 10.3. The van der Waals surface area contributed by atoms with Crippen molar-refractivity contribution in [1.82, 2.24) is 14.9 Å². The zero-order valence-corrected chi connectivity index (χ0v) is 13.8. The van der Waals surface area contributed by atoms with E-state index < -0.39 is 10.0 Å². The molecule has 1 rings (SSSR count). The molecule has 1 saturated heterocycles. The third kappa shape index (κ3) is 6.03. The zero-order valence-electron chi connectivity index (χ0n) is 13.0. The first-order valence-electron chi connectivity index (χ1n) is 7.07. The van der Waals surface area contributed by atoms with Crippen molar-refractivity contribution in [2.45, 2.75) is 26.1 Å². The summed E-state index contributed by atoms with van der Waals surface area (Å²) in [5.41, 5.74) is 0. The van der Waals surface area contributed by atoms with Crippen molar-refractivity contribution >= 4 is 16.0 Å². The lowest BCUT2D eigenvalue weighted by Gasteiger charge is -2.34. The van der Waals surface area contributed by atoms with Crippen molar-refractivity contribution in [1.29, 1.82) is 0 Å². The Morgan fingerprint density at radius 2 is 2.00 bits per heavy atom. The van der Waals surface area contributed by atoms with Crippen LogP contribution in [-0.2, 0) is 14.8 Å². The van der Waals surface area contributed by atoms with Gasteiger partial charge in [-0.15, -0.1) is 6.58 Å². The average molecular weight is 318 g/mol. The van der Waals surface area contributed by atoms with Crippen LogP contribution in [0.15, 0.2) is 17.6 Å². The Kier molecular flexibility index (Phi) is 7.13. The summed E-state index contributed by atoms with van der Waals surface area (Å²) in [4.78, 5) is 4.00. The van der Waals surface area contributed by atoms with Crippen molar-refractivity contribution in [2.75, 3.05) is 39.0 Å². The van der Waals surface area contributed by atoms with Gasteiger partial charge in [-0.3, -0.25) is 4.99 Å². The largest absolute Gasteiger partial charge is 0.373 e. The number of morpholine rings is 1. The van der Waals surface area contributed by atoms with E-state index in [1.54, 1.807) is 13.1 Å². The quantitative estimate of drug-likeness (QED) is 0.402. The van der Waals surface area contributed by atoms with Gasteiger partial charge in [0.1, 0.15) is 0 Å². The molecule has 122 valence electrons. The average Bonchev–Trinajstić information content (AvgIpc) is 2.41. The van der Waals surface area contributed by atoms with E-state index in [2.05, 4.69) is 22.2 Å². The number of sulfonamides is 1. The topological polar surface area (TPSA) is 83.0 Å². The number of rotatable bonds is 6. The summed E-state index contributed by atoms with van der Waals surface area (Å²) in [5, 5.41) is 5.97. The highest BCUT2D eigenvalue weighted by atomic mass is 32.2. The molecule has 0 bridgehead atoms. The molecule has 1 aliphatic heterocycles. The van der Waals surface area contributed by atoms with Gasteiger partial charge in [-0.2, -0.15) is 4.31 Å². The first-order chi connectivity index (χ1) is 9.89. The standard InChI is InChI=1S/C13H26N4O3S/c1-5-6-15-13(14-4)16-7-8-21(18,19)17-9-11(2)20-12(3)10-17/h5,11-12H,1,6-10H2,2-4H3,(H2,14,15,16). The van der Waals surface area contributed by atoms with Gasteiger partial charge in [0.15, 0.2) is 5.96 Å². The molecule has 2 atom stereocenters. The molecule has 8 heteroatoms. The van der Waals surface area contributed by atoms with E-state index in [1.165, 1.54) is 4.31 Å². The molecule has 0 radical (unpaired) electrons. The normalized spacial score (nSPS) is 24.6. The Morgan fingerprint density at radius 1 is 1.38 bits per heavy atom. The number of hydrogen-bond donors (Lipinski definition) is 2. The van der Waals surface area contributed by atoms with Crippen LogP contribution < -0.4 is 10.6 Å². The molecule has 7 nitrogen and oxygen atoms in total. The number of aliphatic imine (C=N–C) groups is 1. The Bertz CT molecular complexity index is 454. The Hall–Kier alpha value is -1.12. The first kappa shape index (κ1) is 17.9. The van der Waals surface area contributed by atoms with Gasteiger partial charge in [-0.05, 0) is 13.8 Å². The second-order valence-corrected chi connectivity index (χ2v) is 7.15. The fraction of sp³-hybridized carbons (Fsp3) is 0.769. The Morgan fingerprint density at radius 3 is 2.52 bits per heavy atom. The molecule has 2 N–H and O–H groups in total. The highest BCUT2D eigenvalue weighted by molar-refractivity contribution is 7.89. The molecule has 2 unspecified atom stereocenters. The van der Waals surface area contributed by atoms with Gasteiger partial charge in [-0.1, -0.05) is 6.08 Å². The molecule has 0 aromatic rings. The van der Waals surface area contributed by atoms with Crippen LogP contribution in [-0.4, -0.2) is 69.9 Å². The molecule has 1 heterocycles. The Labute approximate surface area is 127 Å². The smallest absolute Gasteiger partial charge is 0.216 e. The lowest BCUT2D eigenvalue weighted by molar-refractivity contribution is -0.0440. The van der Waals surface area contributed by atoms with Crippen LogP contribution >= 0.6 is 0 Å². The van der Waals surface area contributed by atoms with Crippen LogP contribution in [0.2, 0.25) is 0 Å². The van der Waals surface area contributed by atoms with Gasteiger partial charge >= 0.3 is 0 Å². The van der Waals surface area contributed by atoms with E-state index in [0.717, 1.165) is 0 Å². The minimum atomic E-state index is -3.29. The SMILES string of the molecule is C=CCNC(=NC)NCCS(=O)(=O)N1CC(C)OC(C)C1. The second kappa shape index (κ2) is 8.35. The molecule has 0 aliphatic carbocycles. The van der Waals surface area contributed by atoms with E-state index in [0.29, 0.717) is 32.1 Å². The molecular formula is C13H26N4O3S. The molecule has 21 heavy (non-hydrogen) atoms. The van der Waals surface area contributed by atoms with Crippen LogP contribution in [0.1, 0.15) is 13.8 Å². The van der Waals surface area contributed by atoms with E-state index in [9.17, 15) is 8.42 Å². The van der Waals surface area contributed by atoms with Crippen molar-refractivity contribution in [3.63, 3.8) is 0 Å². The van der Waals surface area contributed by atoms with E-state index in [1.807, 2.05) is 13.8 Å². The van der Waals surface area contributed by atoms with Crippen LogP contribution in [0.25, 0.3) is 0 Å². The maximum atomic E-state index is 12.3. The summed E-state index contributed by atoms with van der Waals surface area (Å²) in [6, 6.07) is 0. The van der Waals surface area contributed by atoms with Gasteiger partial charge in [0, 0.05) is 33.2 Å². The minimum Gasteiger partial charge on any atom is -0.373 e. The fourth-order valence-corrected chi connectivity index (χ4v) is 3.67. The number of hydrogen-bond acceptors (Lipinski definition) is 4. The van der Waals surface area contributed by atoms with Crippen molar-refractivity contribution in [3.05, 3.63) is 12.7 Å². The minimum absolute atomic E-state index is 0.0290. The molecule has 0 amide bonds. The third-order valence-electron chi connectivity index (χ3n) is 3.07. The molecular weight excluding hydrogens is 292 g/mol. The van der Waals surface area contributed by atoms with Crippen molar-refractivity contribution in [3.8, 4) is 0 Å². The summed E-state index contributed by atoms with van der Waals surface area (Å²) in [5.74, 6) is 0.593. The van der Waals surface area contributed by atoms with E-state index >= 15 is 0 Å². The number of ether oxygens (including phenoxy) is 1. The summed E-state index contributed by atoms with van der Waals surface area (Å²) in [6.07, 6.45) is 1.57. The van der Waals surface area contributed by atoms with Crippen molar-refractivity contribution < 1.29 is 13.2 Å². The third-order valence-corrected chi connectivity index (χ3v) is 4.87. The van der Waals surface area contributed by atoms with Crippen LogP contribution in [0.5, 0.6) is 0 Å². The summed E-state index contributed by atoms with van der Waals surface area (Å²) in [7, 11) is -1.65. The van der Waals surface area contributed by atoms with Gasteiger partial charge < -0.3 is 15.4 Å². The predicted octanol–water partition coefficient (Wildman–Crippen LogP) is -0.224. The zero-order chi connectivity index (χ0) is 15.9. The number of nitrogens with zero attached hydrogens (tertiary/aromatic N) is 2. The van der Waals surface area contributed by atoms with Gasteiger partial charge in [0.25, 0.3) is 0 Å². The molecule has 0 saturated carbocycles. The van der Waals surface area contributed by atoms with Crippen molar-refractivity contribution in [2.24, 2.45) is 4.99 Å². The van der Waals surface area contributed by atoms with E-state index in [4.69, 9.17) is 4.74 Å². The van der Waals surface area contributed by atoms with E-state index in [-0.39, 0.29) is 18.0 Å². The molecule has 1 aliphatic rings. The summed E-state index contributed by atoms with van der Waals surface area (Å²) >= 11 is 0. The first-order valence-corrected chi connectivity index (χ1v) is 8.68. The fourth-order valence-electron chi connectivity index (χ4n) is 2.17. The molecule has 0 aromatic carbocycles. The van der Waals surface area contributed by atoms with Crippen LogP contribution in [0, 0.1) is 0 Å². The second-order valence-electron chi connectivity index (χ2n) is 5.06. The lowest BCUT2D eigenvalue weighted by Crippen LogP contribution is -2.50. The molecule has 0 aromatic heterocycles. The number of guanidine groups is 1. The maximum Gasteiger partial charge on any atom is 0.216 e. The van der Waals surface area contributed by atoms with Crippen LogP contribution in [0.4, 0.5) is 0 Å². The highest BCUT2D eigenvalue weighted by Gasteiger charge is 2.30. The van der Waals surface area contributed by atoms with Gasteiger partial charge in [0.2, 0.25) is 10.0 Å². The Balaban J connectivity index is 2.47. The van der Waals surface area contributed by atoms with Gasteiger partial charge in [0.05, 0.1) is 18.0 Å². The van der Waals surface area contributed by atoms with Crippen LogP contribution in [0.3, 0.4) is 0 Å². The summed E-state index contributed by atoms with van der Waals surface area (Å²) in [6.45, 7) is 9.08. The molecule has 1 fully saturated rings. The maximum absolute atomic E-state index is 12.3. The monoisotopic (exact) mass is 318 g/mol. The number of nitrogens with one attached hydrogen (secondary N) is 2. The predicted molar refractivity (Wildman–Crippen MR) is 84.9 cm³/mol. The molecule has 0 spiro atoms. The highest BCUT2D eigenvalue weighted by Crippen LogP contribution is 2.14. The van der Waals surface area contributed by atoms with Gasteiger partial charge in [-0.25, -0.2) is 8.42 Å².